The fraction of sp³-hybridized carbons (Fsp3) is 0.214. The maximum absolute atomic E-state index is 14.9. The first-order valence-corrected chi connectivity index (χ1v) is 12.6. The molecule has 0 bridgehead atoms. The number of H-pyrrole nitrogens is 1. The van der Waals surface area contributed by atoms with Gasteiger partial charge in [-0.05, 0) is 56.2 Å². The first kappa shape index (κ1) is 25.7. The second kappa shape index (κ2) is 10.8. The van der Waals surface area contributed by atoms with Gasteiger partial charge in [0.2, 0.25) is 0 Å². The molecule has 0 unspecified atom stereocenters. The maximum atomic E-state index is 14.9. The predicted molar refractivity (Wildman–Crippen MR) is 149 cm³/mol. The van der Waals surface area contributed by atoms with Gasteiger partial charge in [-0.3, -0.25) is 5.32 Å². The molecule has 5 aromatic rings. The molecule has 0 saturated heterocycles. The van der Waals surface area contributed by atoms with Crippen molar-refractivity contribution in [3.63, 3.8) is 0 Å². The molecule has 0 aliphatic heterocycles. The van der Waals surface area contributed by atoms with E-state index in [1.807, 2.05) is 45.9 Å². The van der Waals surface area contributed by atoms with Crippen LogP contribution in [0.15, 0.2) is 67.1 Å². The average Bonchev–Trinajstić information content (AvgIpc) is 3.52. The number of carbonyl (C=O) groups is 1. The number of pyridine rings is 1. The summed E-state index contributed by atoms with van der Waals surface area (Å²) in [6, 6.07) is 14.7. The molecule has 0 aliphatic rings. The number of halogens is 1. The predicted octanol–water partition coefficient (Wildman–Crippen LogP) is 6.66. The molecular formula is C28H29FN8O2. The van der Waals surface area contributed by atoms with Gasteiger partial charge >= 0.3 is 6.03 Å². The van der Waals surface area contributed by atoms with Crippen molar-refractivity contribution in [1.29, 1.82) is 0 Å². The van der Waals surface area contributed by atoms with Crippen LogP contribution in [0, 0.1) is 5.82 Å². The van der Waals surface area contributed by atoms with Gasteiger partial charge in [-0.1, -0.05) is 13.8 Å². The molecular weight excluding hydrogens is 499 g/mol. The van der Waals surface area contributed by atoms with Crippen molar-refractivity contribution in [3.05, 3.63) is 78.6 Å². The number of ether oxygens (including phenoxy) is 1. The zero-order valence-corrected chi connectivity index (χ0v) is 22.0. The number of hydrogen-bond donors (Lipinski definition) is 4. The van der Waals surface area contributed by atoms with Gasteiger partial charge in [-0.15, -0.1) is 0 Å². The van der Waals surface area contributed by atoms with Gasteiger partial charge in [0.25, 0.3) is 0 Å². The van der Waals surface area contributed by atoms with Gasteiger partial charge in [0.05, 0.1) is 34.4 Å². The van der Waals surface area contributed by atoms with Crippen LogP contribution in [0.4, 0.5) is 26.5 Å². The Morgan fingerprint density at radius 3 is 2.56 bits per heavy atom. The van der Waals surface area contributed by atoms with Crippen LogP contribution in [0.1, 0.15) is 39.3 Å². The normalized spacial score (nSPS) is 11.3. The van der Waals surface area contributed by atoms with Gasteiger partial charge < -0.3 is 20.4 Å². The molecule has 0 atom stereocenters. The van der Waals surface area contributed by atoms with Crippen molar-refractivity contribution in [3.8, 4) is 17.2 Å². The summed E-state index contributed by atoms with van der Waals surface area (Å²) in [7, 11) is 0. The van der Waals surface area contributed by atoms with Crippen LogP contribution in [0.2, 0.25) is 0 Å². The number of hydrogen-bond acceptors (Lipinski definition) is 6. The third-order valence-corrected chi connectivity index (χ3v) is 5.80. The lowest BCUT2D eigenvalue weighted by molar-refractivity contribution is 0.262. The molecule has 5 rings (SSSR count). The van der Waals surface area contributed by atoms with E-state index in [2.05, 4.69) is 36.0 Å². The summed E-state index contributed by atoms with van der Waals surface area (Å²) in [6.45, 7) is 8.03. The van der Waals surface area contributed by atoms with Gasteiger partial charge in [0, 0.05) is 30.4 Å². The number of imidazole rings is 1. The van der Waals surface area contributed by atoms with E-state index in [1.54, 1.807) is 41.5 Å². The molecule has 0 spiro atoms. The Kier molecular flexibility index (Phi) is 7.13. The number of fused-ring (bicyclic) bond motifs is 1. The molecule has 3 aromatic heterocycles. The van der Waals surface area contributed by atoms with Crippen LogP contribution in [-0.2, 0) is 0 Å². The number of amides is 2. The number of aromatic amines is 1. The standard InChI is InChI=1S/C28H29FN8O2/c1-16(2)24-14-27(37(36-24)18-5-7-23-25(11-18)32-15-31-23)35-28(38)34-22-8-6-19(12-21(22)29)39-20-9-10-30-26(13-20)33-17(3)4/h5-17H,1-4H3,(H,30,33)(H,31,32)(H2,34,35,38). The van der Waals surface area contributed by atoms with Gasteiger partial charge in [-0.25, -0.2) is 23.8 Å². The lowest BCUT2D eigenvalue weighted by Gasteiger charge is -2.13. The Morgan fingerprint density at radius 2 is 1.79 bits per heavy atom. The second-order valence-corrected chi connectivity index (χ2v) is 9.62. The van der Waals surface area contributed by atoms with Crippen molar-refractivity contribution in [2.75, 3.05) is 16.0 Å². The molecule has 0 aliphatic carbocycles. The highest BCUT2D eigenvalue weighted by atomic mass is 19.1. The van der Waals surface area contributed by atoms with E-state index in [9.17, 15) is 9.18 Å². The van der Waals surface area contributed by atoms with Crippen LogP contribution in [0.5, 0.6) is 11.5 Å². The minimum atomic E-state index is -0.641. The highest BCUT2D eigenvalue weighted by molar-refractivity contribution is 5.99. The highest BCUT2D eigenvalue weighted by Gasteiger charge is 2.16. The van der Waals surface area contributed by atoms with E-state index in [-0.39, 0.29) is 23.4 Å². The smallest absolute Gasteiger partial charge is 0.324 e. The molecule has 11 heteroatoms. The number of carbonyl (C=O) groups excluding carboxylic acids is 1. The molecule has 10 nitrogen and oxygen atoms in total. The summed E-state index contributed by atoms with van der Waals surface area (Å²) in [6.07, 6.45) is 3.23. The zero-order valence-electron chi connectivity index (χ0n) is 22.0. The highest BCUT2D eigenvalue weighted by Crippen LogP contribution is 2.28. The van der Waals surface area contributed by atoms with Crippen LogP contribution in [0.3, 0.4) is 0 Å². The van der Waals surface area contributed by atoms with Crippen molar-refractivity contribution < 1.29 is 13.9 Å². The number of anilines is 3. The fourth-order valence-corrected chi connectivity index (χ4v) is 3.94. The number of urea groups is 1. The molecule has 200 valence electrons. The lowest BCUT2D eigenvalue weighted by Crippen LogP contribution is -2.22. The first-order valence-electron chi connectivity index (χ1n) is 12.6. The Hall–Kier alpha value is -4.93. The molecule has 0 fully saturated rings. The quantitative estimate of drug-likeness (QED) is 0.179. The average molecular weight is 529 g/mol. The fourth-order valence-electron chi connectivity index (χ4n) is 3.94. The third kappa shape index (κ3) is 5.98. The SMILES string of the molecule is CC(C)Nc1cc(Oc2ccc(NC(=O)Nc3cc(C(C)C)nn3-c3ccc4[nH]cnc4c3)c(F)c2)ccn1. The summed E-state index contributed by atoms with van der Waals surface area (Å²) < 4.78 is 22.3. The molecule has 4 N–H and O–H groups in total. The molecule has 2 aromatic carbocycles. The maximum Gasteiger partial charge on any atom is 0.324 e. The van der Waals surface area contributed by atoms with Crippen LogP contribution < -0.4 is 20.7 Å². The lowest BCUT2D eigenvalue weighted by atomic mass is 10.1. The summed E-state index contributed by atoms with van der Waals surface area (Å²) in [5.41, 5.74) is 3.19. The zero-order chi connectivity index (χ0) is 27.5. The van der Waals surface area contributed by atoms with E-state index < -0.39 is 11.8 Å². The topological polar surface area (TPSA) is 122 Å². The molecule has 2 amide bonds. The monoisotopic (exact) mass is 528 g/mol. The number of aromatic nitrogens is 5. The van der Waals surface area contributed by atoms with E-state index in [0.717, 1.165) is 22.4 Å². The third-order valence-electron chi connectivity index (χ3n) is 5.80. The molecule has 39 heavy (non-hydrogen) atoms. The van der Waals surface area contributed by atoms with Crippen molar-refractivity contribution in [1.82, 2.24) is 24.7 Å². The summed E-state index contributed by atoms with van der Waals surface area (Å²) >= 11 is 0. The minimum Gasteiger partial charge on any atom is -0.457 e. The van der Waals surface area contributed by atoms with Gasteiger partial charge in [-0.2, -0.15) is 5.10 Å². The Morgan fingerprint density at radius 1 is 0.974 bits per heavy atom. The number of benzene rings is 2. The molecule has 3 heterocycles. The Labute approximate surface area is 224 Å². The van der Waals surface area contributed by atoms with Crippen LogP contribution in [-0.4, -0.2) is 36.8 Å². The second-order valence-electron chi connectivity index (χ2n) is 9.62. The minimum absolute atomic E-state index is 0.00447. The largest absolute Gasteiger partial charge is 0.457 e. The van der Waals surface area contributed by atoms with Gasteiger partial charge in [0.15, 0.2) is 0 Å². The van der Waals surface area contributed by atoms with E-state index in [1.165, 1.54) is 12.1 Å². The van der Waals surface area contributed by atoms with Crippen LogP contribution in [0.25, 0.3) is 16.7 Å². The van der Waals surface area contributed by atoms with Crippen molar-refractivity contribution in [2.24, 2.45) is 0 Å². The van der Waals surface area contributed by atoms with E-state index in [0.29, 0.717) is 17.4 Å². The van der Waals surface area contributed by atoms with Crippen molar-refractivity contribution >= 4 is 34.4 Å². The molecule has 0 radical (unpaired) electrons. The van der Waals surface area contributed by atoms with E-state index >= 15 is 0 Å². The number of nitrogens with zero attached hydrogens (tertiary/aromatic N) is 4. The van der Waals surface area contributed by atoms with Crippen LogP contribution >= 0.6 is 0 Å². The van der Waals surface area contributed by atoms with Crippen molar-refractivity contribution in [2.45, 2.75) is 39.7 Å². The van der Waals surface area contributed by atoms with E-state index in [4.69, 9.17) is 4.74 Å². The van der Waals surface area contributed by atoms with Gasteiger partial charge in [0.1, 0.15) is 29.0 Å². The number of rotatable bonds is 8. The Bertz CT molecular complexity index is 1630. The summed E-state index contributed by atoms with van der Waals surface area (Å²) in [4.78, 5) is 24.5. The number of nitrogens with one attached hydrogen (secondary N) is 4. The Balaban J connectivity index is 1.31. The summed E-state index contributed by atoms with van der Waals surface area (Å²) in [5.74, 6) is 1.38. The first-order chi connectivity index (χ1) is 18.7. The molecule has 0 saturated carbocycles. The summed E-state index contributed by atoms with van der Waals surface area (Å²) in [5, 5.41) is 13.2.